The smallest absolute Gasteiger partial charge is 0.271 e. The van der Waals surface area contributed by atoms with E-state index in [4.69, 9.17) is 5.26 Å². The highest BCUT2D eigenvalue weighted by molar-refractivity contribution is 14.1. The van der Waals surface area contributed by atoms with Crippen LogP contribution in [0.2, 0.25) is 0 Å². The van der Waals surface area contributed by atoms with E-state index < -0.39 is 4.92 Å². The maximum atomic E-state index is 10.8. The van der Waals surface area contributed by atoms with Crippen molar-refractivity contribution in [3.8, 4) is 6.07 Å². The van der Waals surface area contributed by atoms with Crippen LogP contribution in [0, 0.1) is 28.6 Å². The minimum atomic E-state index is -0.454. The maximum Gasteiger partial charge on any atom is 0.271 e. The largest absolute Gasteiger partial charge is 0.359 e. The number of rotatable bonds is 4. The molecule has 0 unspecified atom stereocenters. The molecule has 0 saturated heterocycles. The number of allylic oxidation sites excluding steroid dienone is 1. The van der Waals surface area contributed by atoms with Crippen molar-refractivity contribution in [1.82, 2.24) is 20.6 Å². The number of aromatic nitrogens is 4. The van der Waals surface area contributed by atoms with Crippen molar-refractivity contribution in [2.75, 3.05) is 5.32 Å². The number of H-pyrrole nitrogens is 1. The van der Waals surface area contributed by atoms with E-state index in [9.17, 15) is 10.1 Å². The van der Waals surface area contributed by atoms with Crippen LogP contribution < -0.4 is 5.32 Å². The lowest BCUT2D eigenvalue weighted by atomic mass is 10.2. The van der Waals surface area contributed by atoms with Gasteiger partial charge in [0.1, 0.15) is 11.6 Å². The highest BCUT2D eigenvalue weighted by Crippen LogP contribution is 2.30. The fourth-order valence-electron chi connectivity index (χ4n) is 1.37. The summed E-state index contributed by atoms with van der Waals surface area (Å²) in [5.74, 6) is 0.164. The molecule has 0 saturated carbocycles. The molecule has 1 heterocycles. The monoisotopic (exact) mass is 509 g/mol. The quantitative estimate of drug-likeness (QED) is 0.280. The third-order valence-electron chi connectivity index (χ3n) is 2.31. The van der Waals surface area contributed by atoms with Gasteiger partial charge in [0.25, 0.3) is 5.69 Å². The number of halogens is 2. The van der Waals surface area contributed by atoms with E-state index in [0.717, 1.165) is 0 Å². The number of nitro groups is 1. The number of non-ortho nitro benzene ring substituents is 1. The van der Waals surface area contributed by atoms with Gasteiger partial charge in [-0.05, 0) is 50.4 Å². The van der Waals surface area contributed by atoms with E-state index in [1.54, 1.807) is 0 Å². The number of hydrogen-bond donors (Lipinski definition) is 2. The molecule has 11 heteroatoms. The number of nitrogens with one attached hydrogen (secondary N) is 2. The van der Waals surface area contributed by atoms with Crippen LogP contribution in [0.1, 0.15) is 5.82 Å². The molecular formula is C10H5I2N7O2. The molecule has 0 aliphatic carbocycles. The second kappa shape index (κ2) is 6.76. The molecule has 21 heavy (non-hydrogen) atoms. The van der Waals surface area contributed by atoms with Crippen molar-refractivity contribution in [2.24, 2.45) is 0 Å². The highest BCUT2D eigenvalue weighted by atomic mass is 127. The van der Waals surface area contributed by atoms with Crippen LogP contribution >= 0.6 is 45.2 Å². The van der Waals surface area contributed by atoms with Crippen molar-refractivity contribution in [2.45, 2.75) is 0 Å². The molecule has 0 fully saturated rings. The van der Waals surface area contributed by atoms with E-state index >= 15 is 0 Å². The lowest BCUT2D eigenvalue weighted by Gasteiger charge is -2.07. The Morgan fingerprint density at radius 3 is 2.62 bits per heavy atom. The van der Waals surface area contributed by atoms with Gasteiger partial charge < -0.3 is 5.32 Å². The van der Waals surface area contributed by atoms with Gasteiger partial charge in [0.2, 0.25) is 5.82 Å². The van der Waals surface area contributed by atoms with Gasteiger partial charge in [-0.3, -0.25) is 10.1 Å². The lowest BCUT2D eigenvalue weighted by Crippen LogP contribution is -1.99. The van der Waals surface area contributed by atoms with Crippen LogP contribution in [0.25, 0.3) is 5.57 Å². The van der Waals surface area contributed by atoms with E-state index in [-0.39, 0.29) is 17.1 Å². The summed E-state index contributed by atoms with van der Waals surface area (Å²) >= 11 is 3.97. The molecule has 1 aromatic carbocycles. The molecule has 0 aliphatic heterocycles. The molecule has 0 spiro atoms. The normalized spacial score (nSPS) is 11.0. The first-order valence-electron chi connectivity index (χ1n) is 5.27. The second-order valence-electron chi connectivity index (χ2n) is 3.59. The van der Waals surface area contributed by atoms with Gasteiger partial charge >= 0.3 is 0 Å². The summed E-state index contributed by atoms with van der Waals surface area (Å²) < 4.78 is 1.32. The number of anilines is 1. The minimum absolute atomic E-state index is 0.0111. The zero-order chi connectivity index (χ0) is 15.4. The number of tetrazole rings is 1. The van der Waals surface area contributed by atoms with Crippen LogP contribution in [-0.2, 0) is 0 Å². The van der Waals surface area contributed by atoms with E-state index in [1.807, 2.05) is 51.3 Å². The first-order valence-corrected chi connectivity index (χ1v) is 7.42. The summed E-state index contributed by atoms with van der Waals surface area (Å²) in [6.45, 7) is 0. The van der Waals surface area contributed by atoms with Crippen molar-refractivity contribution >= 4 is 62.1 Å². The molecule has 1 aromatic heterocycles. The number of aromatic amines is 1. The molecule has 2 rings (SSSR count). The summed E-state index contributed by atoms with van der Waals surface area (Å²) in [7, 11) is 0. The van der Waals surface area contributed by atoms with Crippen LogP contribution in [0.15, 0.2) is 18.3 Å². The molecule has 0 radical (unpaired) electrons. The van der Waals surface area contributed by atoms with Gasteiger partial charge in [-0.15, -0.1) is 10.2 Å². The minimum Gasteiger partial charge on any atom is -0.359 e. The van der Waals surface area contributed by atoms with E-state index in [0.29, 0.717) is 12.8 Å². The Balaban J connectivity index is 2.32. The summed E-state index contributed by atoms with van der Waals surface area (Å²) in [5, 5.41) is 35.8. The van der Waals surface area contributed by atoms with Gasteiger partial charge in [-0.1, -0.05) is 0 Å². The molecule has 2 N–H and O–H groups in total. The Labute approximate surface area is 145 Å². The Morgan fingerprint density at radius 2 is 2.14 bits per heavy atom. The zero-order valence-corrected chi connectivity index (χ0v) is 14.4. The molecule has 9 nitrogen and oxygen atoms in total. The Kier molecular flexibility index (Phi) is 5.01. The topological polar surface area (TPSA) is 133 Å². The maximum absolute atomic E-state index is 10.8. The molecule has 0 bridgehead atoms. The molecule has 0 amide bonds. The van der Waals surface area contributed by atoms with Gasteiger partial charge in [0.05, 0.1) is 10.6 Å². The lowest BCUT2D eigenvalue weighted by molar-refractivity contribution is -0.385. The summed E-state index contributed by atoms with van der Waals surface area (Å²) in [4.78, 5) is 10.3. The van der Waals surface area contributed by atoms with Crippen molar-refractivity contribution < 1.29 is 4.92 Å². The number of nitrogens with zero attached hydrogens (tertiary/aromatic N) is 5. The highest BCUT2D eigenvalue weighted by Gasteiger charge is 2.14. The summed E-state index contributed by atoms with van der Waals surface area (Å²) in [6.07, 6.45) is 1.43. The first-order chi connectivity index (χ1) is 10.0. The number of benzene rings is 1. The van der Waals surface area contributed by atoms with Crippen LogP contribution in [0.5, 0.6) is 0 Å². The molecule has 2 aromatic rings. The third-order valence-corrected chi connectivity index (χ3v) is 4.01. The van der Waals surface area contributed by atoms with Crippen molar-refractivity contribution in [1.29, 1.82) is 5.26 Å². The van der Waals surface area contributed by atoms with Crippen molar-refractivity contribution in [3.05, 3.63) is 41.4 Å². The fourth-order valence-corrected chi connectivity index (χ4v) is 3.42. The van der Waals surface area contributed by atoms with E-state index in [2.05, 4.69) is 25.9 Å². The predicted octanol–water partition coefficient (Wildman–Crippen LogP) is 2.29. The van der Waals surface area contributed by atoms with Crippen LogP contribution in [0.4, 0.5) is 11.4 Å². The van der Waals surface area contributed by atoms with Crippen molar-refractivity contribution in [3.63, 3.8) is 0 Å². The molecular weight excluding hydrogens is 504 g/mol. The van der Waals surface area contributed by atoms with Gasteiger partial charge in [-0.2, -0.15) is 10.5 Å². The molecule has 0 aliphatic rings. The van der Waals surface area contributed by atoms with Crippen LogP contribution in [-0.4, -0.2) is 25.5 Å². The van der Waals surface area contributed by atoms with Gasteiger partial charge in [0, 0.05) is 25.5 Å². The average molecular weight is 509 g/mol. The van der Waals surface area contributed by atoms with Gasteiger partial charge in [-0.25, -0.2) is 0 Å². The number of hydrogen-bond acceptors (Lipinski definition) is 7. The molecule has 0 atom stereocenters. The third kappa shape index (κ3) is 3.64. The van der Waals surface area contributed by atoms with Crippen LogP contribution in [0.3, 0.4) is 0 Å². The average Bonchev–Trinajstić information content (AvgIpc) is 2.95. The second-order valence-corrected chi connectivity index (χ2v) is 5.92. The standard InChI is InChI=1S/C10H5I2N7O2/c11-7-1-6(19(20)21)2-8(12)9(7)14-4-5(3-13)10-15-17-18-16-10/h1-2,4,14H,(H,15,16,17,18). The van der Waals surface area contributed by atoms with E-state index in [1.165, 1.54) is 18.3 Å². The van der Waals surface area contributed by atoms with Gasteiger partial charge in [0.15, 0.2) is 0 Å². The summed E-state index contributed by atoms with van der Waals surface area (Å²) in [5.41, 5.74) is 0.865. The fraction of sp³-hybridized carbons (Fsp3) is 0. The Hall–Kier alpha value is -1.82. The summed E-state index contributed by atoms with van der Waals surface area (Å²) in [6, 6.07) is 4.83. The Bertz CT molecular complexity index is 728. The predicted molar refractivity (Wildman–Crippen MR) is 89.9 cm³/mol. The molecule has 106 valence electrons. The number of nitro benzene ring substituents is 1. The zero-order valence-electron chi connectivity index (χ0n) is 10.0. The first kappa shape index (κ1) is 15.6. The Morgan fingerprint density at radius 1 is 1.48 bits per heavy atom. The SMILES string of the molecule is N#CC(=CNc1c(I)cc([N+](=O)[O-])cc1I)c1nn[nH]n1. The number of nitriles is 1.